The van der Waals surface area contributed by atoms with Crippen LogP contribution in [0, 0.1) is 0 Å². The minimum absolute atomic E-state index is 0.0507. The monoisotopic (exact) mass is 473 g/mol. The summed E-state index contributed by atoms with van der Waals surface area (Å²) < 4.78 is 39.2. The number of rotatable bonds is 8. The van der Waals surface area contributed by atoms with E-state index in [1.165, 1.54) is 30.9 Å². The van der Waals surface area contributed by atoms with Crippen LogP contribution in [0.1, 0.15) is 34.3 Å². The minimum atomic E-state index is -3.79. The summed E-state index contributed by atoms with van der Waals surface area (Å²) in [5.74, 6) is 0.180. The first-order valence-corrected chi connectivity index (χ1v) is 12.8. The molecule has 9 heteroatoms. The number of carbonyl (C=O) groups is 1. The standard InChI is InChI=1S/C24H31N3O5S/c1-31-23-9-8-21(16-22(23)24(28)27-10-2-3-11-27)33(29,30)25-17-19-4-6-20(7-5-19)18-26-12-14-32-15-13-26/h4-9,16,25H,2-3,10-15,17-18H2,1H3. The van der Waals surface area contributed by atoms with E-state index in [1.807, 2.05) is 24.3 Å². The van der Waals surface area contributed by atoms with E-state index in [0.717, 1.165) is 51.3 Å². The molecule has 0 saturated carbocycles. The molecule has 1 amide bonds. The van der Waals surface area contributed by atoms with E-state index in [2.05, 4.69) is 9.62 Å². The van der Waals surface area contributed by atoms with Crippen LogP contribution in [0.25, 0.3) is 0 Å². The van der Waals surface area contributed by atoms with Crippen LogP contribution in [0.15, 0.2) is 47.4 Å². The van der Waals surface area contributed by atoms with Gasteiger partial charge >= 0.3 is 0 Å². The van der Waals surface area contributed by atoms with Crippen molar-refractivity contribution in [3.05, 3.63) is 59.2 Å². The van der Waals surface area contributed by atoms with Crippen LogP contribution in [-0.2, 0) is 27.8 Å². The van der Waals surface area contributed by atoms with E-state index in [1.54, 1.807) is 4.90 Å². The first-order valence-electron chi connectivity index (χ1n) is 11.3. The molecule has 0 aromatic heterocycles. The highest BCUT2D eigenvalue weighted by atomic mass is 32.2. The highest BCUT2D eigenvalue weighted by Crippen LogP contribution is 2.25. The zero-order valence-corrected chi connectivity index (χ0v) is 19.8. The fourth-order valence-electron chi connectivity index (χ4n) is 4.15. The zero-order valence-electron chi connectivity index (χ0n) is 19.0. The molecule has 2 aliphatic rings. The average Bonchev–Trinajstić information content (AvgIpc) is 3.38. The van der Waals surface area contributed by atoms with Gasteiger partial charge in [0, 0.05) is 39.3 Å². The van der Waals surface area contributed by atoms with Crippen molar-refractivity contribution in [1.82, 2.24) is 14.5 Å². The lowest BCUT2D eigenvalue weighted by molar-refractivity contribution is 0.0342. The Morgan fingerprint density at radius 2 is 1.67 bits per heavy atom. The lowest BCUT2D eigenvalue weighted by Crippen LogP contribution is -2.35. The molecular weight excluding hydrogens is 442 g/mol. The average molecular weight is 474 g/mol. The lowest BCUT2D eigenvalue weighted by Gasteiger charge is -2.26. The van der Waals surface area contributed by atoms with E-state index in [0.29, 0.717) is 18.8 Å². The number of methoxy groups -OCH3 is 1. The smallest absolute Gasteiger partial charge is 0.257 e. The van der Waals surface area contributed by atoms with E-state index in [9.17, 15) is 13.2 Å². The molecule has 2 aromatic rings. The quantitative estimate of drug-likeness (QED) is 0.633. The summed E-state index contributed by atoms with van der Waals surface area (Å²) in [5.41, 5.74) is 2.32. The molecule has 0 bridgehead atoms. The molecule has 0 atom stereocenters. The SMILES string of the molecule is COc1ccc(S(=O)(=O)NCc2ccc(CN3CCOCC3)cc2)cc1C(=O)N1CCCC1. The van der Waals surface area contributed by atoms with Gasteiger partial charge < -0.3 is 14.4 Å². The van der Waals surface area contributed by atoms with Crippen molar-refractivity contribution < 1.29 is 22.7 Å². The number of sulfonamides is 1. The van der Waals surface area contributed by atoms with Crippen LogP contribution in [0.5, 0.6) is 5.75 Å². The summed E-state index contributed by atoms with van der Waals surface area (Å²) in [6.45, 7) is 5.75. The number of carbonyl (C=O) groups excluding carboxylic acids is 1. The molecule has 4 rings (SSSR count). The zero-order chi connectivity index (χ0) is 23.3. The van der Waals surface area contributed by atoms with Crippen molar-refractivity contribution in [2.24, 2.45) is 0 Å². The normalized spacial score (nSPS) is 17.3. The molecule has 178 valence electrons. The Labute approximate surface area is 195 Å². The molecule has 2 fully saturated rings. The maximum absolute atomic E-state index is 12.9. The predicted octanol–water partition coefficient (Wildman–Crippen LogP) is 2.24. The number of nitrogens with one attached hydrogen (secondary N) is 1. The van der Waals surface area contributed by atoms with Crippen LogP contribution in [-0.4, -0.2) is 70.6 Å². The number of nitrogens with zero attached hydrogens (tertiary/aromatic N) is 2. The van der Waals surface area contributed by atoms with Gasteiger partial charge in [-0.1, -0.05) is 24.3 Å². The number of morpholine rings is 1. The van der Waals surface area contributed by atoms with E-state index < -0.39 is 10.0 Å². The number of benzene rings is 2. The van der Waals surface area contributed by atoms with Gasteiger partial charge in [0.1, 0.15) is 5.75 Å². The third-order valence-corrected chi connectivity index (χ3v) is 7.50. The molecule has 0 radical (unpaired) electrons. The molecule has 0 unspecified atom stereocenters. The number of likely N-dealkylation sites (tertiary alicyclic amines) is 1. The van der Waals surface area contributed by atoms with Gasteiger partial charge in [-0.15, -0.1) is 0 Å². The maximum atomic E-state index is 12.9. The Kier molecular flexibility index (Phi) is 7.64. The van der Waals surface area contributed by atoms with Crippen LogP contribution in [0.3, 0.4) is 0 Å². The molecule has 2 aromatic carbocycles. The Morgan fingerprint density at radius 3 is 2.33 bits per heavy atom. The second kappa shape index (κ2) is 10.6. The summed E-state index contributed by atoms with van der Waals surface area (Å²) >= 11 is 0. The minimum Gasteiger partial charge on any atom is -0.496 e. The van der Waals surface area contributed by atoms with Gasteiger partial charge in [0.25, 0.3) is 5.91 Å². The van der Waals surface area contributed by atoms with Gasteiger partial charge in [-0.25, -0.2) is 13.1 Å². The number of hydrogen-bond donors (Lipinski definition) is 1. The van der Waals surface area contributed by atoms with Crippen molar-refractivity contribution in [3.8, 4) is 5.75 Å². The molecule has 33 heavy (non-hydrogen) atoms. The number of amides is 1. The molecule has 2 heterocycles. The molecule has 2 saturated heterocycles. The Bertz CT molecular complexity index is 1060. The van der Waals surface area contributed by atoms with Gasteiger partial charge in [0.05, 0.1) is 30.8 Å². The van der Waals surface area contributed by atoms with Gasteiger partial charge in [-0.3, -0.25) is 9.69 Å². The molecule has 2 aliphatic heterocycles. The fourth-order valence-corrected chi connectivity index (χ4v) is 5.20. The van der Waals surface area contributed by atoms with Crippen molar-refractivity contribution in [1.29, 1.82) is 0 Å². The Hall–Kier alpha value is -2.46. The fraction of sp³-hybridized carbons (Fsp3) is 0.458. The number of ether oxygens (including phenoxy) is 2. The largest absolute Gasteiger partial charge is 0.496 e. The third-order valence-electron chi connectivity index (χ3n) is 6.10. The molecule has 1 N–H and O–H groups in total. The molecule has 0 spiro atoms. The first kappa shape index (κ1) is 23.7. The Balaban J connectivity index is 1.41. The van der Waals surface area contributed by atoms with Crippen molar-refractivity contribution in [2.45, 2.75) is 30.8 Å². The summed E-state index contributed by atoms with van der Waals surface area (Å²) in [7, 11) is -2.32. The highest BCUT2D eigenvalue weighted by molar-refractivity contribution is 7.89. The lowest BCUT2D eigenvalue weighted by atomic mass is 10.1. The second-order valence-electron chi connectivity index (χ2n) is 8.39. The topological polar surface area (TPSA) is 88.2 Å². The van der Waals surface area contributed by atoms with Crippen LogP contribution in [0.4, 0.5) is 0 Å². The van der Waals surface area contributed by atoms with Crippen LogP contribution >= 0.6 is 0 Å². The molecular formula is C24H31N3O5S. The molecule has 0 aliphatic carbocycles. The summed E-state index contributed by atoms with van der Waals surface area (Å²) in [5, 5.41) is 0. The first-order chi connectivity index (χ1) is 16.0. The van der Waals surface area contributed by atoms with Crippen molar-refractivity contribution in [2.75, 3.05) is 46.5 Å². The van der Waals surface area contributed by atoms with E-state index in [4.69, 9.17) is 9.47 Å². The Morgan fingerprint density at radius 1 is 1.00 bits per heavy atom. The third kappa shape index (κ3) is 5.92. The second-order valence-corrected chi connectivity index (χ2v) is 10.2. The van der Waals surface area contributed by atoms with Gasteiger partial charge in [0.15, 0.2) is 0 Å². The summed E-state index contributed by atoms with van der Waals surface area (Å²) in [6, 6.07) is 12.3. The molecule has 8 nitrogen and oxygen atoms in total. The predicted molar refractivity (Wildman–Crippen MR) is 125 cm³/mol. The van der Waals surface area contributed by atoms with Crippen molar-refractivity contribution in [3.63, 3.8) is 0 Å². The van der Waals surface area contributed by atoms with E-state index in [-0.39, 0.29) is 22.9 Å². The van der Waals surface area contributed by atoms with Gasteiger partial charge in [-0.05, 0) is 42.2 Å². The highest BCUT2D eigenvalue weighted by Gasteiger charge is 2.25. The van der Waals surface area contributed by atoms with Crippen LogP contribution in [0.2, 0.25) is 0 Å². The van der Waals surface area contributed by atoms with Crippen LogP contribution < -0.4 is 9.46 Å². The van der Waals surface area contributed by atoms with E-state index >= 15 is 0 Å². The summed E-state index contributed by atoms with van der Waals surface area (Å²) in [4.78, 5) is 17.0. The number of hydrogen-bond acceptors (Lipinski definition) is 6. The summed E-state index contributed by atoms with van der Waals surface area (Å²) in [6.07, 6.45) is 1.91. The van der Waals surface area contributed by atoms with Gasteiger partial charge in [0.2, 0.25) is 10.0 Å². The van der Waals surface area contributed by atoms with Gasteiger partial charge in [-0.2, -0.15) is 0 Å². The maximum Gasteiger partial charge on any atom is 0.257 e. The van der Waals surface area contributed by atoms with Crippen molar-refractivity contribution >= 4 is 15.9 Å².